The number of aliphatic hydroxyl groups excluding tert-OH is 1. The molecule has 8 atom stereocenters. The van der Waals surface area contributed by atoms with Crippen molar-refractivity contribution < 1.29 is 33.6 Å². The molecule has 7 heteroatoms. The first-order chi connectivity index (χ1) is 14.9. The van der Waals surface area contributed by atoms with Crippen molar-refractivity contribution in [3.05, 3.63) is 23.5 Å². The van der Waals surface area contributed by atoms with Gasteiger partial charge in [-0.25, -0.2) is 4.39 Å². The van der Waals surface area contributed by atoms with Crippen LogP contribution in [0.15, 0.2) is 23.5 Å². The van der Waals surface area contributed by atoms with Gasteiger partial charge in [0.15, 0.2) is 0 Å². The number of rotatable bonds is 5. The first-order valence-corrected chi connectivity index (χ1v) is 11.6. The highest BCUT2D eigenvalue weighted by molar-refractivity contribution is 5.92. The Bertz CT molecular complexity index is 851. The van der Waals surface area contributed by atoms with E-state index >= 15 is 4.39 Å². The summed E-state index contributed by atoms with van der Waals surface area (Å²) in [5, 5.41) is 23.3. The summed E-state index contributed by atoms with van der Waals surface area (Å²) in [5.74, 6) is -0.920. The number of aliphatic hydroxyl groups is 2. The van der Waals surface area contributed by atoms with Gasteiger partial charge in [0.25, 0.3) is 0 Å². The fourth-order valence-electron chi connectivity index (χ4n) is 7.82. The second-order valence-electron chi connectivity index (χ2n) is 10.7. The summed E-state index contributed by atoms with van der Waals surface area (Å²) in [6, 6.07) is 0. The molecule has 0 radical (unpaired) electrons. The highest BCUT2D eigenvalue weighted by Gasteiger charge is 2.75. The van der Waals surface area contributed by atoms with Crippen molar-refractivity contribution in [1.82, 2.24) is 0 Å². The zero-order chi connectivity index (χ0) is 23.7. The minimum absolute atomic E-state index is 0.00111. The third kappa shape index (κ3) is 2.68. The second-order valence-corrected chi connectivity index (χ2v) is 10.7. The van der Waals surface area contributed by atoms with Crippen LogP contribution in [-0.2, 0) is 19.0 Å². The van der Waals surface area contributed by atoms with Crippen molar-refractivity contribution in [2.24, 2.45) is 28.6 Å². The number of hydrogen-bond acceptors (Lipinski definition) is 6. The summed E-state index contributed by atoms with van der Waals surface area (Å²) in [5.41, 5.74) is -4.61. The zero-order valence-electron chi connectivity index (χ0n) is 20.0. The normalized spacial score (nSPS) is 47.8. The van der Waals surface area contributed by atoms with E-state index in [2.05, 4.69) is 6.08 Å². The van der Waals surface area contributed by atoms with Crippen molar-refractivity contribution in [2.45, 2.75) is 76.5 Å². The number of allylic oxidation sites excluding steroid dienone is 4. The number of methoxy groups -OCH3 is 3. The molecule has 0 aromatic carbocycles. The van der Waals surface area contributed by atoms with Crippen molar-refractivity contribution in [3.8, 4) is 0 Å². The highest BCUT2D eigenvalue weighted by Crippen LogP contribution is 2.70. The molecule has 0 bridgehead atoms. The Balaban J connectivity index is 1.80. The lowest BCUT2D eigenvalue weighted by atomic mass is 9.45. The molecule has 0 heterocycles. The van der Waals surface area contributed by atoms with Crippen LogP contribution in [0.4, 0.5) is 4.39 Å². The predicted molar refractivity (Wildman–Crippen MR) is 116 cm³/mol. The summed E-state index contributed by atoms with van der Waals surface area (Å²) in [7, 11) is 4.34. The molecule has 180 valence electrons. The summed E-state index contributed by atoms with van der Waals surface area (Å²) in [6.07, 6.45) is 3.56. The first-order valence-electron chi connectivity index (χ1n) is 11.6. The molecular formula is C25H37FO6. The Morgan fingerprint density at radius 1 is 1.22 bits per heavy atom. The SMILES string of the molecule is COC1=CC2=CC[C@H]3[C@@H]4CC(C)[C@](O)(C(=O)C(OC)OC)[C@@]4(C)C[C@H](O)[C@]3(F)[C@@]2(C)CC1. The number of fused-ring (bicyclic) bond motifs is 5. The Kier molecular flexibility index (Phi) is 5.68. The second kappa shape index (κ2) is 7.62. The Morgan fingerprint density at radius 3 is 2.47 bits per heavy atom. The Hall–Kier alpha value is -1.28. The lowest BCUT2D eigenvalue weighted by Gasteiger charge is -2.62. The van der Waals surface area contributed by atoms with Crippen LogP contribution in [0, 0.1) is 28.6 Å². The van der Waals surface area contributed by atoms with E-state index in [9.17, 15) is 15.0 Å². The summed E-state index contributed by atoms with van der Waals surface area (Å²) >= 11 is 0. The minimum atomic E-state index is -1.85. The molecule has 1 unspecified atom stereocenters. The molecule has 0 saturated heterocycles. The van der Waals surface area contributed by atoms with Crippen LogP contribution in [-0.4, -0.2) is 61.0 Å². The average Bonchev–Trinajstić information content (AvgIpc) is 2.96. The van der Waals surface area contributed by atoms with E-state index in [1.54, 1.807) is 7.11 Å². The number of carbonyl (C=O) groups excluding carboxylic acids is 1. The van der Waals surface area contributed by atoms with Gasteiger partial charge in [0.05, 0.1) is 19.0 Å². The van der Waals surface area contributed by atoms with E-state index in [-0.39, 0.29) is 12.3 Å². The number of hydrogen-bond donors (Lipinski definition) is 2. The smallest absolute Gasteiger partial charge is 0.220 e. The molecule has 6 nitrogen and oxygen atoms in total. The number of Topliss-reactive ketones (excluding diaryl/α,β-unsaturated/α-hetero) is 1. The van der Waals surface area contributed by atoms with Crippen molar-refractivity contribution in [3.63, 3.8) is 0 Å². The third-order valence-corrected chi connectivity index (χ3v) is 9.68. The molecule has 32 heavy (non-hydrogen) atoms. The molecule has 4 aliphatic carbocycles. The molecule has 4 rings (SSSR count). The van der Waals surface area contributed by atoms with Crippen molar-refractivity contribution in [1.29, 1.82) is 0 Å². The average molecular weight is 453 g/mol. The summed E-state index contributed by atoms with van der Waals surface area (Å²) in [4.78, 5) is 13.4. The van der Waals surface area contributed by atoms with Gasteiger partial charge in [0, 0.05) is 37.4 Å². The molecule has 2 N–H and O–H groups in total. The van der Waals surface area contributed by atoms with Crippen LogP contribution in [0.25, 0.3) is 0 Å². The van der Waals surface area contributed by atoms with Crippen LogP contribution in [0.5, 0.6) is 0 Å². The van der Waals surface area contributed by atoms with Crippen molar-refractivity contribution in [2.75, 3.05) is 21.3 Å². The topological polar surface area (TPSA) is 85.2 Å². The zero-order valence-corrected chi connectivity index (χ0v) is 20.0. The van der Waals surface area contributed by atoms with Gasteiger partial charge in [-0.1, -0.05) is 26.8 Å². The van der Waals surface area contributed by atoms with Gasteiger partial charge in [-0.15, -0.1) is 0 Å². The minimum Gasteiger partial charge on any atom is -0.501 e. The number of halogens is 1. The Labute approximate surface area is 189 Å². The van der Waals surface area contributed by atoms with Gasteiger partial charge in [0.1, 0.15) is 11.3 Å². The van der Waals surface area contributed by atoms with Crippen molar-refractivity contribution >= 4 is 5.78 Å². The monoisotopic (exact) mass is 452 g/mol. The summed E-state index contributed by atoms with van der Waals surface area (Å²) in [6.45, 7) is 5.56. The maximum atomic E-state index is 17.3. The largest absolute Gasteiger partial charge is 0.501 e. The van der Waals surface area contributed by atoms with E-state index in [1.807, 2.05) is 26.8 Å². The van der Waals surface area contributed by atoms with Gasteiger partial charge in [-0.05, 0) is 49.2 Å². The van der Waals surface area contributed by atoms with Crippen LogP contribution < -0.4 is 0 Å². The lowest BCUT2D eigenvalue weighted by Crippen LogP contribution is -2.69. The molecular weight excluding hydrogens is 415 g/mol. The number of alkyl halides is 1. The van der Waals surface area contributed by atoms with E-state index in [1.165, 1.54) is 14.2 Å². The molecule has 4 aliphatic rings. The fourth-order valence-corrected chi connectivity index (χ4v) is 7.82. The molecule has 0 aliphatic heterocycles. The highest BCUT2D eigenvalue weighted by atomic mass is 19.1. The molecule has 0 aromatic heterocycles. The predicted octanol–water partition coefficient (Wildman–Crippen LogP) is 3.32. The van der Waals surface area contributed by atoms with Gasteiger partial charge in [0.2, 0.25) is 12.1 Å². The van der Waals surface area contributed by atoms with Gasteiger partial charge >= 0.3 is 0 Å². The maximum absolute atomic E-state index is 17.3. The molecule has 0 aromatic rings. The van der Waals surface area contributed by atoms with E-state index in [0.717, 1.165) is 11.3 Å². The third-order valence-electron chi connectivity index (χ3n) is 9.68. The van der Waals surface area contributed by atoms with Crippen LogP contribution in [0.3, 0.4) is 0 Å². The van der Waals surface area contributed by atoms with E-state index in [4.69, 9.17) is 14.2 Å². The fraction of sp³-hybridized carbons (Fsp3) is 0.800. The van der Waals surface area contributed by atoms with Crippen LogP contribution in [0.1, 0.15) is 52.9 Å². The van der Waals surface area contributed by atoms with Crippen LogP contribution in [0.2, 0.25) is 0 Å². The molecule has 2 saturated carbocycles. The number of ketones is 1. The maximum Gasteiger partial charge on any atom is 0.220 e. The van der Waals surface area contributed by atoms with E-state index < -0.39 is 52.1 Å². The molecule has 2 fully saturated rings. The standard InChI is InChI=1S/C25H37FO6/c1-14-11-18-17-8-7-15-12-16(30-4)9-10-22(15,2)24(17,26)19(27)13-23(18,3)25(14,29)20(28)21(31-5)32-6/h7,12,14,17-19,21,27,29H,8-11,13H2,1-6H3/t14?,17-,18-,19-,22-,23-,24-,25-/m0/s1. The number of ether oxygens (including phenoxy) is 3. The lowest BCUT2D eigenvalue weighted by molar-refractivity contribution is -0.230. The molecule has 0 spiro atoms. The summed E-state index contributed by atoms with van der Waals surface area (Å²) < 4.78 is 33.0. The van der Waals surface area contributed by atoms with E-state index in [0.29, 0.717) is 25.7 Å². The van der Waals surface area contributed by atoms with Crippen LogP contribution >= 0.6 is 0 Å². The van der Waals surface area contributed by atoms with Gasteiger partial charge in [-0.3, -0.25) is 4.79 Å². The Morgan fingerprint density at radius 2 is 1.88 bits per heavy atom. The molecule has 0 amide bonds. The first kappa shape index (κ1) is 23.9. The quantitative estimate of drug-likeness (QED) is 0.623. The van der Waals surface area contributed by atoms with Gasteiger partial charge < -0.3 is 24.4 Å². The van der Waals surface area contributed by atoms with Gasteiger partial charge in [-0.2, -0.15) is 0 Å². The number of carbonyl (C=O) groups is 1.